The second-order valence-corrected chi connectivity index (χ2v) is 9.47. The number of carboxylic acid groups (broad SMARTS) is 1. The molecule has 0 unspecified atom stereocenters. The van der Waals surface area contributed by atoms with Crippen LogP contribution in [0.5, 0.6) is 5.75 Å². The molecule has 1 aromatic carbocycles. The molecule has 1 aliphatic rings. The number of carbonyl (C=O) groups excluding carboxylic acids is 1. The number of aromatic nitrogens is 1. The number of pyridine rings is 1. The van der Waals surface area contributed by atoms with Gasteiger partial charge in [-0.05, 0) is 64.3 Å². The van der Waals surface area contributed by atoms with Gasteiger partial charge in [-0.15, -0.1) is 0 Å². The molecule has 2 aromatic rings. The van der Waals surface area contributed by atoms with Crippen LogP contribution < -0.4 is 15.4 Å². The first-order valence-electron chi connectivity index (χ1n) is 10.6. The van der Waals surface area contributed by atoms with Gasteiger partial charge in [-0.1, -0.05) is 12.1 Å². The minimum Gasteiger partial charge on any atom is -0.497 e. The average molecular weight is 482 g/mol. The Morgan fingerprint density at radius 2 is 1.59 bits per heavy atom. The van der Waals surface area contributed by atoms with Crippen molar-refractivity contribution in [1.29, 1.82) is 0 Å². The summed E-state index contributed by atoms with van der Waals surface area (Å²) in [6.07, 6.45) is 0.108. The van der Waals surface area contributed by atoms with Gasteiger partial charge in [-0.25, -0.2) is 4.79 Å². The Morgan fingerprint density at radius 3 is 2.06 bits per heavy atom. The van der Waals surface area contributed by atoms with Gasteiger partial charge >= 0.3 is 12.1 Å². The molecule has 3 N–H and O–H groups in total. The Balaban J connectivity index is 0.000000509. The molecule has 2 heterocycles. The van der Waals surface area contributed by atoms with E-state index in [9.17, 15) is 18.0 Å². The molecular weight excluding hydrogens is 451 g/mol. The fraction of sp³-hybridized carbons (Fsp3) is 0.458. The summed E-state index contributed by atoms with van der Waals surface area (Å²) in [5.41, 5.74) is 2.47. The molecule has 186 valence electrons. The molecule has 34 heavy (non-hydrogen) atoms. The van der Waals surface area contributed by atoms with Crippen LogP contribution in [0.2, 0.25) is 0 Å². The predicted octanol–water partition coefficient (Wildman–Crippen LogP) is 4.43. The standard InChI is InChI=1S/C22H29N3O2.C2HF3O2/c1-21(2)11-18(12-22(3,4)25-21)24-20(26)17-10-16(13-23-14-17)15-6-8-19(27-5)9-7-15;3-2(4,5)1(6)7/h6-10,13-14,18,25H,11-12H2,1-5H3,(H,24,26);(H,6,7). The number of alkyl halides is 3. The lowest BCUT2D eigenvalue weighted by Gasteiger charge is -2.46. The smallest absolute Gasteiger partial charge is 0.490 e. The maximum atomic E-state index is 12.8. The number of carboxylic acids is 1. The van der Waals surface area contributed by atoms with Crippen molar-refractivity contribution in [2.45, 2.75) is 63.8 Å². The van der Waals surface area contributed by atoms with Crippen LogP contribution in [0.3, 0.4) is 0 Å². The Bertz CT molecular complexity index is 989. The van der Waals surface area contributed by atoms with E-state index >= 15 is 0 Å². The Morgan fingerprint density at radius 1 is 1.06 bits per heavy atom. The summed E-state index contributed by atoms with van der Waals surface area (Å²) in [5, 5.41) is 14.0. The molecule has 0 spiro atoms. The summed E-state index contributed by atoms with van der Waals surface area (Å²) in [6.45, 7) is 8.72. The zero-order valence-electron chi connectivity index (χ0n) is 19.8. The van der Waals surface area contributed by atoms with Gasteiger partial charge in [0.2, 0.25) is 0 Å². The lowest BCUT2D eigenvalue weighted by atomic mass is 9.79. The zero-order valence-corrected chi connectivity index (χ0v) is 19.8. The van der Waals surface area contributed by atoms with Crippen molar-refractivity contribution in [1.82, 2.24) is 15.6 Å². The van der Waals surface area contributed by atoms with Crippen molar-refractivity contribution >= 4 is 11.9 Å². The Labute approximate surface area is 196 Å². The molecule has 0 bridgehead atoms. The molecule has 1 aromatic heterocycles. The zero-order chi connectivity index (χ0) is 25.7. The third kappa shape index (κ3) is 8.02. The topological polar surface area (TPSA) is 101 Å². The van der Waals surface area contributed by atoms with Crippen molar-refractivity contribution in [2.75, 3.05) is 7.11 Å². The number of carbonyl (C=O) groups is 2. The van der Waals surface area contributed by atoms with Crippen LogP contribution in [0.4, 0.5) is 13.2 Å². The maximum absolute atomic E-state index is 12.8. The number of methoxy groups -OCH3 is 1. The van der Waals surface area contributed by atoms with Gasteiger partial charge in [0, 0.05) is 35.1 Å². The van der Waals surface area contributed by atoms with Gasteiger partial charge in [-0.2, -0.15) is 13.2 Å². The summed E-state index contributed by atoms with van der Waals surface area (Å²) in [6, 6.07) is 9.77. The van der Waals surface area contributed by atoms with E-state index in [0.29, 0.717) is 5.56 Å². The van der Waals surface area contributed by atoms with E-state index in [4.69, 9.17) is 14.6 Å². The second kappa shape index (κ2) is 10.4. The molecule has 1 fully saturated rings. The van der Waals surface area contributed by atoms with Crippen LogP contribution in [-0.4, -0.2) is 52.4 Å². The SMILES string of the molecule is COc1ccc(-c2cncc(C(=O)NC3CC(C)(C)NC(C)(C)C3)c2)cc1.O=C(O)C(F)(F)F. The maximum Gasteiger partial charge on any atom is 0.490 e. The lowest BCUT2D eigenvalue weighted by Crippen LogP contribution is -2.62. The van der Waals surface area contributed by atoms with Gasteiger partial charge < -0.3 is 20.5 Å². The first-order valence-corrected chi connectivity index (χ1v) is 10.6. The Hall–Kier alpha value is -3.14. The number of hydrogen-bond donors (Lipinski definition) is 3. The molecule has 1 aliphatic heterocycles. The predicted molar refractivity (Wildman–Crippen MR) is 122 cm³/mol. The van der Waals surface area contributed by atoms with Crippen LogP contribution >= 0.6 is 0 Å². The van der Waals surface area contributed by atoms with Crippen molar-refractivity contribution in [3.63, 3.8) is 0 Å². The van der Waals surface area contributed by atoms with Gasteiger partial charge in [0.1, 0.15) is 5.75 Å². The van der Waals surface area contributed by atoms with Gasteiger partial charge in [0.15, 0.2) is 0 Å². The molecule has 1 amide bonds. The summed E-state index contributed by atoms with van der Waals surface area (Å²) in [7, 11) is 1.64. The molecule has 0 aliphatic carbocycles. The number of nitrogens with one attached hydrogen (secondary N) is 2. The molecular formula is C24H30F3N3O4. The molecule has 10 heteroatoms. The highest BCUT2D eigenvalue weighted by Crippen LogP contribution is 2.29. The van der Waals surface area contributed by atoms with Gasteiger partial charge in [0.25, 0.3) is 5.91 Å². The number of piperidine rings is 1. The van der Waals surface area contributed by atoms with E-state index in [1.165, 1.54) is 0 Å². The van der Waals surface area contributed by atoms with Crippen LogP contribution in [0.15, 0.2) is 42.7 Å². The molecule has 0 radical (unpaired) electrons. The van der Waals surface area contributed by atoms with Crippen molar-refractivity contribution in [2.24, 2.45) is 0 Å². The van der Waals surface area contributed by atoms with Crippen molar-refractivity contribution < 1.29 is 32.6 Å². The first-order chi connectivity index (χ1) is 15.6. The van der Waals surface area contributed by atoms with E-state index < -0.39 is 12.1 Å². The number of rotatable bonds is 4. The Kier molecular flexibility index (Phi) is 8.31. The van der Waals surface area contributed by atoms with Crippen LogP contribution in [0, 0.1) is 0 Å². The highest BCUT2D eigenvalue weighted by atomic mass is 19.4. The fourth-order valence-electron chi connectivity index (χ4n) is 4.20. The number of halogens is 3. The van der Waals surface area contributed by atoms with Crippen molar-refractivity contribution in [3.05, 3.63) is 48.3 Å². The number of amides is 1. The average Bonchev–Trinajstić information content (AvgIpc) is 2.71. The summed E-state index contributed by atoms with van der Waals surface area (Å²) in [5.74, 6) is -2.03. The highest BCUT2D eigenvalue weighted by molar-refractivity contribution is 5.95. The summed E-state index contributed by atoms with van der Waals surface area (Å²) >= 11 is 0. The van der Waals surface area contributed by atoms with Gasteiger partial charge in [-0.3, -0.25) is 9.78 Å². The third-order valence-corrected chi connectivity index (χ3v) is 5.19. The fourth-order valence-corrected chi connectivity index (χ4v) is 4.20. The van der Waals surface area contributed by atoms with Crippen LogP contribution in [0.1, 0.15) is 50.9 Å². The van der Waals surface area contributed by atoms with E-state index in [-0.39, 0.29) is 23.0 Å². The van der Waals surface area contributed by atoms with Gasteiger partial charge in [0.05, 0.1) is 12.7 Å². The quantitative estimate of drug-likeness (QED) is 0.598. The molecule has 0 atom stereocenters. The highest BCUT2D eigenvalue weighted by Gasteiger charge is 2.39. The van der Waals surface area contributed by atoms with Crippen LogP contribution in [0.25, 0.3) is 11.1 Å². The number of nitrogens with zero attached hydrogens (tertiary/aromatic N) is 1. The largest absolute Gasteiger partial charge is 0.497 e. The summed E-state index contributed by atoms with van der Waals surface area (Å²) < 4.78 is 36.9. The minimum atomic E-state index is -5.08. The third-order valence-electron chi connectivity index (χ3n) is 5.19. The summed E-state index contributed by atoms with van der Waals surface area (Å²) in [4.78, 5) is 26.0. The molecule has 3 rings (SSSR count). The van der Waals surface area contributed by atoms with E-state index in [0.717, 1.165) is 29.7 Å². The second-order valence-electron chi connectivity index (χ2n) is 9.47. The van der Waals surface area contributed by atoms with Crippen molar-refractivity contribution in [3.8, 4) is 16.9 Å². The molecule has 0 saturated carbocycles. The van der Waals surface area contributed by atoms with E-state index in [1.54, 1.807) is 19.5 Å². The minimum absolute atomic E-state index is 0.0110. The number of ether oxygens (including phenoxy) is 1. The molecule has 1 saturated heterocycles. The van der Waals surface area contributed by atoms with Crippen LogP contribution in [-0.2, 0) is 4.79 Å². The number of hydrogen-bond acceptors (Lipinski definition) is 5. The number of benzene rings is 1. The lowest BCUT2D eigenvalue weighted by molar-refractivity contribution is -0.192. The van der Waals surface area contributed by atoms with E-state index in [2.05, 4.69) is 43.3 Å². The van der Waals surface area contributed by atoms with E-state index in [1.807, 2.05) is 30.3 Å². The molecule has 7 nitrogen and oxygen atoms in total. The monoisotopic (exact) mass is 481 g/mol. The number of aliphatic carboxylic acids is 1. The normalized spacial score (nSPS) is 17.2. The first kappa shape index (κ1) is 27.1.